The van der Waals surface area contributed by atoms with Crippen LogP contribution < -0.4 is 5.32 Å². The number of carbonyl (C=O) groups excluding carboxylic acids is 2. The second-order valence-corrected chi connectivity index (χ2v) is 8.15. The molecule has 2 fully saturated rings. The molecule has 2 saturated heterocycles. The van der Waals surface area contributed by atoms with E-state index < -0.39 is 5.92 Å². The van der Waals surface area contributed by atoms with Crippen molar-refractivity contribution in [3.63, 3.8) is 0 Å². The summed E-state index contributed by atoms with van der Waals surface area (Å²) in [5.41, 5.74) is 1.17. The van der Waals surface area contributed by atoms with Gasteiger partial charge in [0.25, 0.3) is 0 Å². The zero-order chi connectivity index (χ0) is 18.0. The van der Waals surface area contributed by atoms with Crippen molar-refractivity contribution in [2.45, 2.75) is 27.3 Å². The maximum absolute atomic E-state index is 13.0. The number of carbonyl (C=O) groups is 2. The Bertz CT molecular complexity index is 618. The van der Waals surface area contributed by atoms with Gasteiger partial charge in [-0.3, -0.25) is 19.5 Å². The number of amides is 2. The van der Waals surface area contributed by atoms with Crippen molar-refractivity contribution in [2.24, 2.45) is 17.3 Å². The van der Waals surface area contributed by atoms with E-state index in [9.17, 15) is 9.59 Å². The number of rotatable bonds is 3. The number of nitrogens with one attached hydrogen (secondary N) is 1. The monoisotopic (exact) mass is 344 g/mol. The summed E-state index contributed by atoms with van der Waals surface area (Å²) in [6.45, 7) is 10.8. The van der Waals surface area contributed by atoms with Crippen molar-refractivity contribution in [3.05, 3.63) is 30.1 Å². The molecule has 3 heterocycles. The van der Waals surface area contributed by atoms with Gasteiger partial charge in [-0.25, -0.2) is 0 Å². The fourth-order valence-electron chi connectivity index (χ4n) is 3.78. The molecule has 0 radical (unpaired) electrons. The van der Waals surface area contributed by atoms with Crippen molar-refractivity contribution in [2.75, 3.05) is 32.7 Å². The molecule has 3 rings (SSSR count). The highest BCUT2D eigenvalue weighted by Gasteiger charge is 2.47. The van der Waals surface area contributed by atoms with E-state index >= 15 is 0 Å². The van der Waals surface area contributed by atoms with E-state index in [2.05, 4.69) is 36.0 Å². The average molecular weight is 344 g/mol. The SMILES string of the molecule is CC(C)(C)[C@H]1CNC(=O)[C@H]1C(=O)N1CCN(Cc2ccncc2)CC1. The fourth-order valence-corrected chi connectivity index (χ4v) is 3.78. The third kappa shape index (κ3) is 4.00. The number of hydrogen-bond donors (Lipinski definition) is 1. The Morgan fingerprint density at radius 2 is 1.84 bits per heavy atom. The van der Waals surface area contributed by atoms with Crippen molar-refractivity contribution >= 4 is 11.8 Å². The van der Waals surface area contributed by atoms with Gasteiger partial charge in [-0.15, -0.1) is 0 Å². The predicted molar refractivity (Wildman–Crippen MR) is 95.5 cm³/mol. The maximum Gasteiger partial charge on any atom is 0.235 e. The van der Waals surface area contributed by atoms with E-state index in [1.165, 1.54) is 5.56 Å². The summed E-state index contributed by atoms with van der Waals surface area (Å²) in [6.07, 6.45) is 3.61. The van der Waals surface area contributed by atoms with E-state index in [-0.39, 0.29) is 23.1 Å². The maximum atomic E-state index is 13.0. The summed E-state index contributed by atoms with van der Waals surface area (Å²) >= 11 is 0. The van der Waals surface area contributed by atoms with Crippen LogP contribution in [0.25, 0.3) is 0 Å². The molecule has 1 aromatic rings. The van der Waals surface area contributed by atoms with Crippen LogP contribution in [0.15, 0.2) is 24.5 Å². The Balaban J connectivity index is 1.58. The number of nitrogens with zero attached hydrogens (tertiary/aromatic N) is 3. The van der Waals surface area contributed by atoms with Crippen LogP contribution >= 0.6 is 0 Å². The Kier molecular flexibility index (Phi) is 5.08. The van der Waals surface area contributed by atoms with E-state index in [4.69, 9.17) is 0 Å². The van der Waals surface area contributed by atoms with Crippen LogP contribution in [0.2, 0.25) is 0 Å². The van der Waals surface area contributed by atoms with E-state index in [0.29, 0.717) is 19.6 Å². The van der Waals surface area contributed by atoms with Crippen LogP contribution in [0, 0.1) is 17.3 Å². The quantitative estimate of drug-likeness (QED) is 0.835. The first-order chi connectivity index (χ1) is 11.9. The lowest BCUT2D eigenvalue weighted by Gasteiger charge is -2.37. The van der Waals surface area contributed by atoms with Gasteiger partial charge < -0.3 is 10.2 Å². The molecule has 6 nitrogen and oxygen atoms in total. The van der Waals surface area contributed by atoms with E-state index in [1.807, 2.05) is 17.0 Å². The molecule has 2 atom stereocenters. The van der Waals surface area contributed by atoms with Crippen LogP contribution in [0.5, 0.6) is 0 Å². The van der Waals surface area contributed by atoms with E-state index in [1.54, 1.807) is 12.4 Å². The second-order valence-electron chi connectivity index (χ2n) is 8.15. The van der Waals surface area contributed by atoms with Gasteiger partial charge in [0.15, 0.2) is 0 Å². The van der Waals surface area contributed by atoms with Crippen molar-refractivity contribution < 1.29 is 9.59 Å². The smallest absolute Gasteiger partial charge is 0.235 e. The molecule has 0 spiro atoms. The highest BCUT2D eigenvalue weighted by molar-refractivity contribution is 6.02. The third-order valence-electron chi connectivity index (χ3n) is 5.40. The Labute approximate surface area is 149 Å². The minimum atomic E-state index is -0.535. The first-order valence-electron chi connectivity index (χ1n) is 9.04. The molecule has 0 bridgehead atoms. The molecule has 0 unspecified atom stereocenters. The summed E-state index contributed by atoms with van der Waals surface area (Å²) < 4.78 is 0. The van der Waals surface area contributed by atoms with Gasteiger partial charge in [0.1, 0.15) is 5.92 Å². The molecule has 1 aromatic heterocycles. The van der Waals surface area contributed by atoms with Gasteiger partial charge in [0.2, 0.25) is 11.8 Å². The number of hydrogen-bond acceptors (Lipinski definition) is 4. The summed E-state index contributed by atoms with van der Waals surface area (Å²) in [5.74, 6) is -0.586. The molecule has 0 aliphatic carbocycles. The number of aromatic nitrogens is 1. The van der Waals surface area contributed by atoms with Crippen molar-refractivity contribution in [1.82, 2.24) is 20.1 Å². The Morgan fingerprint density at radius 1 is 1.20 bits per heavy atom. The molecular formula is C19H28N4O2. The third-order valence-corrected chi connectivity index (χ3v) is 5.40. The standard InChI is InChI=1S/C19H28N4O2/c1-19(2,3)15-12-21-17(24)16(15)18(25)23-10-8-22(9-11-23)13-14-4-6-20-7-5-14/h4-7,15-16H,8-13H2,1-3H3,(H,21,24)/t15-,16-/m0/s1. The van der Waals surface area contributed by atoms with Gasteiger partial charge in [-0.1, -0.05) is 20.8 Å². The van der Waals surface area contributed by atoms with Gasteiger partial charge in [-0.05, 0) is 23.1 Å². The Hall–Kier alpha value is -1.95. The molecule has 2 amide bonds. The van der Waals surface area contributed by atoms with E-state index in [0.717, 1.165) is 19.6 Å². The molecule has 0 aromatic carbocycles. The van der Waals surface area contributed by atoms with Gasteiger partial charge in [-0.2, -0.15) is 0 Å². The number of piperazine rings is 1. The van der Waals surface area contributed by atoms with Gasteiger partial charge in [0, 0.05) is 57.6 Å². The first-order valence-corrected chi connectivity index (χ1v) is 9.04. The average Bonchev–Trinajstić information content (AvgIpc) is 2.98. The van der Waals surface area contributed by atoms with Crippen LogP contribution in [0.3, 0.4) is 0 Å². The highest BCUT2D eigenvalue weighted by Crippen LogP contribution is 2.36. The molecule has 25 heavy (non-hydrogen) atoms. The van der Waals surface area contributed by atoms with Crippen LogP contribution in [0.1, 0.15) is 26.3 Å². The minimum Gasteiger partial charge on any atom is -0.355 e. The first kappa shape index (κ1) is 17.9. The minimum absolute atomic E-state index is 0.00140. The normalized spacial score (nSPS) is 25.1. The molecular weight excluding hydrogens is 316 g/mol. The summed E-state index contributed by atoms with van der Waals surface area (Å²) in [7, 11) is 0. The Morgan fingerprint density at radius 3 is 2.44 bits per heavy atom. The summed E-state index contributed by atoms with van der Waals surface area (Å²) in [6, 6.07) is 4.04. The second kappa shape index (κ2) is 7.12. The zero-order valence-electron chi connectivity index (χ0n) is 15.4. The lowest BCUT2D eigenvalue weighted by Crippen LogP contribution is -2.52. The van der Waals surface area contributed by atoms with Crippen molar-refractivity contribution in [3.8, 4) is 0 Å². The highest BCUT2D eigenvalue weighted by atomic mass is 16.2. The largest absolute Gasteiger partial charge is 0.355 e. The molecule has 2 aliphatic rings. The summed E-state index contributed by atoms with van der Waals surface area (Å²) in [5, 5.41) is 2.88. The predicted octanol–water partition coefficient (Wildman–Crippen LogP) is 1.13. The fraction of sp³-hybridized carbons (Fsp3) is 0.632. The van der Waals surface area contributed by atoms with Crippen LogP contribution in [0.4, 0.5) is 0 Å². The van der Waals surface area contributed by atoms with Gasteiger partial charge >= 0.3 is 0 Å². The lowest BCUT2D eigenvalue weighted by atomic mass is 9.74. The van der Waals surface area contributed by atoms with Crippen LogP contribution in [-0.4, -0.2) is 59.3 Å². The molecule has 2 aliphatic heterocycles. The number of pyridine rings is 1. The molecule has 136 valence electrons. The van der Waals surface area contributed by atoms with Gasteiger partial charge in [0.05, 0.1) is 0 Å². The molecule has 1 N–H and O–H groups in total. The molecule has 6 heteroatoms. The molecule has 0 saturated carbocycles. The topological polar surface area (TPSA) is 65.5 Å². The summed E-state index contributed by atoms with van der Waals surface area (Å²) in [4.78, 5) is 33.5. The van der Waals surface area contributed by atoms with Crippen molar-refractivity contribution in [1.29, 1.82) is 0 Å². The van der Waals surface area contributed by atoms with Crippen LogP contribution in [-0.2, 0) is 16.1 Å². The zero-order valence-corrected chi connectivity index (χ0v) is 15.4. The lowest BCUT2D eigenvalue weighted by molar-refractivity contribution is -0.144.